The highest BCUT2D eigenvalue weighted by Gasteiger charge is 2.03. The molecule has 1 heterocycles. The standard InChI is InChI=1S/C8H15N3S/c1-7(9)3-11(2)4-8-5-12-6-10-8/h5-7H,3-4,9H2,1-2H3. The van der Waals surface area contributed by atoms with E-state index in [0.717, 1.165) is 18.8 Å². The summed E-state index contributed by atoms with van der Waals surface area (Å²) in [5.74, 6) is 0. The summed E-state index contributed by atoms with van der Waals surface area (Å²) >= 11 is 1.63. The Labute approximate surface area is 77.2 Å². The van der Waals surface area contributed by atoms with Crippen LogP contribution in [0.4, 0.5) is 0 Å². The zero-order valence-corrected chi connectivity index (χ0v) is 8.34. The molecular formula is C8H15N3S. The summed E-state index contributed by atoms with van der Waals surface area (Å²) < 4.78 is 0. The Morgan fingerprint density at radius 2 is 2.50 bits per heavy atom. The van der Waals surface area contributed by atoms with Gasteiger partial charge in [-0.15, -0.1) is 11.3 Å². The second-order valence-corrected chi connectivity index (χ2v) is 3.87. The summed E-state index contributed by atoms with van der Waals surface area (Å²) in [5, 5.41) is 2.07. The van der Waals surface area contributed by atoms with Gasteiger partial charge in [-0.3, -0.25) is 4.90 Å². The van der Waals surface area contributed by atoms with Gasteiger partial charge in [0.25, 0.3) is 0 Å². The Hall–Kier alpha value is -0.450. The van der Waals surface area contributed by atoms with E-state index in [-0.39, 0.29) is 6.04 Å². The molecule has 0 fully saturated rings. The summed E-state index contributed by atoms with van der Waals surface area (Å²) in [6.45, 7) is 3.82. The van der Waals surface area contributed by atoms with E-state index < -0.39 is 0 Å². The highest BCUT2D eigenvalue weighted by atomic mass is 32.1. The highest BCUT2D eigenvalue weighted by molar-refractivity contribution is 7.07. The largest absolute Gasteiger partial charge is 0.327 e. The van der Waals surface area contributed by atoms with Crippen molar-refractivity contribution in [2.45, 2.75) is 19.5 Å². The first-order chi connectivity index (χ1) is 5.68. The zero-order chi connectivity index (χ0) is 8.97. The molecule has 0 saturated carbocycles. The second-order valence-electron chi connectivity index (χ2n) is 3.15. The SMILES string of the molecule is CC(N)CN(C)Cc1cscn1. The fourth-order valence-electron chi connectivity index (χ4n) is 1.15. The average molecular weight is 185 g/mol. The van der Waals surface area contributed by atoms with Crippen molar-refractivity contribution in [3.63, 3.8) is 0 Å². The molecule has 1 unspecified atom stereocenters. The molecule has 2 N–H and O–H groups in total. The van der Waals surface area contributed by atoms with E-state index in [1.54, 1.807) is 11.3 Å². The molecule has 0 amide bonds. The average Bonchev–Trinajstić information content (AvgIpc) is 2.37. The molecule has 68 valence electrons. The molecular weight excluding hydrogens is 170 g/mol. The van der Waals surface area contributed by atoms with Crippen LogP contribution in [0.1, 0.15) is 12.6 Å². The van der Waals surface area contributed by atoms with E-state index in [0.29, 0.717) is 0 Å². The molecule has 1 aromatic heterocycles. The Morgan fingerprint density at radius 3 is 3.00 bits per heavy atom. The van der Waals surface area contributed by atoms with Gasteiger partial charge >= 0.3 is 0 Å². The van der Waals surface area contributed by atoms with E-state index in [1.165, 1.54) is 0 Å². The van der Waals surface area contributed by atoms with Crippen molar-refractivity contribution in [1.29, 1.82) is 0 Å². The molecule has 0 aliphatic heterocycles. The molecule has 0 aromatic carbocycles. The van der Waals surface area contributed by atoms with Crippen LogP contribution in [0.25, 0.3) is 0 Å². The molecule has 0 aliphatic rings. The Kier molecular flexibility index (Phi) is 3.65. The number of nitrogens with zero attached hydrogens (tertiary/aromatic N) is 2. The summed E-state index contributed by atoms with van der Waals surface area (Å²) in [6.07, 6.45) is 0. The van der Waals surface area contributed by atoms with Crippen molar-refractivity contribution in [1.82, 2.24) is 9.88 Å². The van der Waals surface area contributed by atoms with Crippen molar-refractivity contribution in [3.05, 3.63) is 16.6 Å². The molecule has 1 atom stereocenters. The fourth-order valence-corrected chi connectivity index (χ4v) is 1.70. The van der Waals surface area contributed by atoms with Gasteiger partial charge in [0.05, 0.1) is 11.2 Å². The molecule has 0 saturated heterocycles. The van der Waals surface area contributed by atoms with Crippen LogP contribution in [-0.2, 0) is 6.54 Å². The third-order valence-electron chi connectivity index (χ3n) is 1.52. The number of aromatic nitrogens is 1. The van der Waals surface area contributed by atoms with Crippen LogP contribution in [0.5, 0.6) is 0 Å². The van der Waals surface area contributed by atoms with Gasteiger partial charge in [-0.1, -0.05) is 0 Å². The number of rotatable bonds is 4. The summed E-state index contributed by atoms with van der Waals surface area (Å²) in [4.78, 5) is 6.38. The van der Waals surface area contributed by atoms with Gasteiger partial charge in [-0.05, 0) is 14.0 Å². The smallest absolute Gasteiger partial charge is 0.0795 e. The fraction of sp³-hybridized carbons (Fsp3) is 0.625. The van der Waals surface area contributed by atoms with Gasteiger partial charge in [0.1, 0.15) is 0 Å². The summed E-state index contributed by atoms with van der Waals surface area (Å²) in [5.41, 5.74) is 8.65. The Morgan fingerprint density at radius 1 is 1.75 bits per heavy atom. The van der Waals surface area contributed by atoms with Crippen molar-refractivity contribution >= 4 is 11.3 Å². The first kappa shape index (κ1) is 9.64. The van der Waals surface area contributed by atoms with Gasteiger partial charge in [0, 0.05) is 24.5 Å². The topological polar surface area (TPSA) is 42.1 Å². The van der Waals surface area contributed by atoms with E-state index in [4.69, 9.17) is 5.73 Å². The zero-order valence-electron chi connectivity index (χ0n) is 7.53. The molecule has 0 aliphatic carbocycles. The minimum Gasteiger partial charge on any atom is -0.327 e. The third-order valence-corrected chi connectivity index (χ3v) is 2.15. The van der Waals surface area contributed by atoms with Crippen LogP contribution in [0.15, 0.2) is 10.9 Å². The molecule has 1 rings (SSSR count). The van der Waals surface area contributed by atoms with Crippen molar-refractivity contribution in [2.24, 2.45) is 5.73 Å². The van der Waals surface area contributed by atoms with Gasteiger partial charge < -0.3 is 5.73 Å². The van der Waals surface area contributed by atoms with E-state index in [1.807, 2.05) is 12.4 Å². The molecule has 0 spiro atoms. The van der Waals surface area contributed by atoms with Crippen LogP contribution < -0.4 is 5.73 Å². The van der Waals surface area contributed by atoms with Gasteiger partial charge in [0.15, 0.2) is 0 Å². The summed E-state index contributed by atoms with van der Waals surface area (Å²) in [6, 6.07) is 0.230. The van der Waals surface area contributed by atoms with Gasteiger partial charge in [-0.25, -0.2) is 4.98 Å². The molecule has 4 heteroatoms. The van der Waals surface area contributed by atoms with Crippen molar-refractivity contribution in [3.8, 4) is 0 Å². The molecule has 0 bridgehead atoms. The lowest BCUT2D eigenvalue weighted by molar-refractivity contribution is 0.307. The monoisotopic (exact) mass is 185 g/mol. The molecule has 0 radical (unpaired) electrons. The second kappa shape index (κ2) is 4.54. The first-order valence-corrected chi connectivity index (χ1v) is 4.94. The third kappa shape index (κ3) is 3.30. The highest BCUT2D eigenvalue weighted by Crippen LogP contribution is 2.03. The maximum atomic E-state index is 5.66. The van der Waals surface area contributed by atoms with Gasteiger partial charge in [0.2, 0.25) is 0 Å². The van der Waals surface area contributed by atoms with Crippen LogP contribution in [0.2, 0.25) is 0 Å². The lowest BCUT2D eigenvalue weighted by atomic mass is 10.3. The van der Waals surface area contributed by atoms with E-state index in [2.05, 4.69) is 22.3 Å². The van der Waals surface area contributed by atoms with Crippen LogP contribution in [0, 0.1) is 0 Å². The number of likely N-dealkylation sites (N-methyl/N-ethyl adjacent to an activating group) is 1. The number of thiazole rings is 1. The lowest BCUT2D eigenvalue weighted by Crippen LogP contribution is -2.32. The maximum absolute atomic E-state index is 5.66. The number of hydrogen-bond acceptors (Lipinski definition) is 4. The number of hydrogen-bond donors (Lipinski definition) is 1. The predicted molar refractivity (Wildman–Crippen MR) is 52.1 cm³/mol. The Balaban J connectivity index is 2.32. The normalized spacial score (nSPS) is 13.7. The van der Waals surface area contributed by atoms with Crippen molar-refractivity contribution < 1.29 is 0 Å². The first-order valence-electron chi connectivity index (χ1n) is 3.99. The number of nitrogens with two attached hydrogens (primary N) is 1. The van der Waals surface area contributed by atoms with E-state index in [9.17, 15) is 0 Å². The quantitative estimate of drug-likeness (QED) is 0.758. The lowest BCUT2D eigenvalue weighted by Gasteiger charge is -2.17. The summed E-state index contributed by atoms with van der Waals surface area (Å²) in [7, 11) is 2.06. The van der Waals surface area contributed by atoms with Crippen LogP contribution >= 0.6 is 11.3 Å². The van der Waals surface area contributed by atoms with E-state index >= 15 is 0 Å². The molecule has 3 nitrogen and oxygen atoms in total. The Bertz CT molecular complexity index is 208. The van der Waals surface area contributed by atoms with Crippen molar-refractivity contribution in [2.75, 3.05) is 13.6 Å². The molecule has 12 heavy (non-hydrogen) atoms. The minimum absolute atomic E-state index is 0.230. The maximum Gasteiger partial charge on any atom is 0.0795 e. The molecule has 1 aromatic rings. The van der Waals surface area contributed by atoms with Crippen LogP contribution in [0.3, 0.4) is 0 Å². The minimum atomic E-state index is 0.230. The predicted octanol–water partition coefficient (Wildman–Crippen LogP) is 0.922. The van der Waals surface area contributed by atoms with Crippen LogP contribution in [-0.4, -0.2) is 29.5 Å². The van der Waals surface area contributed by atoms with Gasteiger partial charge in [-0.2, -0.15) is 0 Å².